The first kappa shape index (κ1) is 7.45. The van der Waals surface area contributed by atoms with E-state index < -0.39 is 5.54 Å². The standard InChI is InChI=1S/C6H11N2/c1-3-6(8,4-2)5-7/h8H,3-4H2,1-2H3. The highest BCUT2D eigenvalue weighted by Crippen LogP contribution is 2.10. The van der Waals surface area contributed by atoms with Gasteiger partial charge in [-0.3, -0.25) is 0 Å². The van der Waals surface area contributed by atoms with Crippen LogP contribution in [-0.4, -0.2) is 5.54 Å². The van der Waals surface area contributed by atoms with Crippen LogP contribution in [0.15, 0.2) is 0 Å². The Morgan fingerprint density at radius 2 is 1.88 bits per heavy atom. The first-order valence-electron chi connectivity index (χ1n) is 2.84. The zero-order valence-corrected chi connectivity index (χ0v) is 5.36. The second-order valence-corrected chi connectivity index (χ2v) is 1.90. The number of rotatable bonds is 2. The average molecular weight is 111 g/mol. The van der Waals surface area contributed by atoms with Gasteiger partial charge in [-0.25, -0.2) is 5.73 Å². The van der Waals surface area contributed by atoms with Crippen LogP contribution in [0.25, 0.3) is 0 Å². The highest BCUT2D eigenvalue weighted by atomic mass is 14.7. The lowest BCUT2D eigenvalue weighted by molar-refractivity contribution is 0.489. The van der Waals surface area contributed by atoms with Crippen molar-refractivity contribution >= 4 is 0 Å². The van der Waals surface area contributed by atoms with Crippen LogP contribution in [0, 0.1) is 11.3 Å². The van der Waals surface area contributed by atoms with E-state index in [-0.39, 0.29) is 0 Å². The Morgan fingerprint density at radius 3 is 1.88 bits per heavy atom. The fourth-order valence-corrected chi connectivity index (χ4v) is 0.408. The minimum Gasteiger partial charge on any atom is -0.236 e. The van der Waals surface area contributed by atoms with Gasteiger partial charge in [0.25, 0.3) is 0 Å². The fraction of sp³-hybridized carbons (Fsp3) is 0.833. The Morgan fingerprint density at radius 1 is 1.50 bits per heavy atom. The van der Waals surface area contributed by atoms with Crippen LogP contribution in [0.5, 0.6) is 0 Å². The minimum absolute atomic E-state index is 0.625. The molecule has 1 radical (unpaired) electrons. The number of nitrogens with one attached hydrogen (secondary N) is 1. The first-order chi connectivity index (χ1) is 3.68. The Hall–Kier alpha value is -0.550. The van der Waals surface area contributed by atoms with Gasteiger partial charge >= 0.3 is 0 Å². The van der Waals surface area contributed by atoms with Crippen molar-refractivity contribution in [1.82, 2.24) is 5.73 Å². The van der Waals surface area contributed by atoms with Gasteiger partial charge in [0.15, 0.2) is 0 Å². The van der Waals surface area contributed by atoms with Crippen LogP contribution in [0.1, 0.15) is 26.7 Å². The minimum atomic E-state index is -0.819. The zero-order valence-electron chi connectivity index (χ0n) is 5.36. The summed E-state index contributed by atoms with van der Waals surface area (Å²) >= 11 is 0. The maximum absolute atomic E-state index is 8.35. The van der Waals surface area contributed by atoms with Crippen LogP contribution in [0.3, 0.4) is 0 Å². The van der Waals surface area contributed by atoms with Crippen molar-refractivity contribution in [3.63, 3.8) is 0 Å². The molecule has 0 aromatic heterocycles. The number of nitriles is 1. The lowest BCUT2D eigenvalue weighted by atomic mass is 9.97. The summed E-state index contributed by atoms with van der Waals surface area (Å²) in [6.45, 7) is 3.72. The molecular weight excluding hydrogens is 100 g/mol. The molecule has 0 aromatic carbocycles. The molecule has 0 aliphatic heterocycles. The van der Waals surface area contributed by atoms with Crippen molar-refractivity contribution in [2.24, 2.45) is 0 Å². The predicted molar refractivity (Wildman–Crippen MR) is 32.0 cm³/mol. The average Bonchev–Trinajstić information content (AvgIpc) is 1.87. The summed E-state index contributed by atoms with van der Waals surface area (Å²) in [6, 6.07) is 1.94. The molecule has 1 N–H and O–H groups in total. The quantitative estimate of drug-likeness (QED) is 0.530. The maximum atomic E-state index is 8.35. The van der Waals surface area contributed by atoms with Crippen molar-refractivity contribution in [2.45, 2.75) is 32.2 Å². The van der Waals surface area contributed by atoms with Gasteiger partial charge in [0.05, 0.1) is 6.07 Å². The Balaban J connectivity index is 3.83. The molecule has 0 spiro atoms. The van der Waals surface area contributed by atoms with Gasteiger partial charge in [-0.05, 0) is 12.8 Å². The van der Waals surface area contributed by atoms with Crippen LogP contribution in [0.2, 0.25) is 0 Å². The normalized spacial score (nSPS) is 10.8. The summed E-state index contributed by atoms with van der Waals surface area (Å²) in [5.41, 5.74) is 6.49. The zero-order chi connectivity index (χ0) is 6.62. The van der Waals surface area contributed by atoms with Gasteiger partial charge in [-0.2, -0.15) is 5.26 Å². The van der Waals surface area contributed by atoms with E-state index in [4.69, 9.17) is 11.0 Å². The second kappa shape index (κ2) is 2.68. The van der Waals surface area contributed by atoms with Gasteiger partial charge in [0.1, 0.15) is 5.54 Å². The molecule has 0 amide bonds. The molecule has 0 unspecified atom stereocenters. The van der Waals surface area contributed by atoms with E-state index in [0.717, 1.165) is 0 Å². The summed E-state index contributed by atoms with van der Waals surface area (Å²) < 4.78 is 0. The van der Waals surface area contributed by atoms with Crippen molar-refractivity contribution in [2.75, 3.05) is 0 Å². The summed E-state index contributed by atoms with van der Waals surface area (Å²) in [4.78, 5) is 0. The van der Waals surface area contributed by atoms with E-state index in [1.54, 1.807) is 0 Å². The molecule has 0 aromatic rings. The summed E-state index contributed by atoms with van der Waals surface area (Å²) in [7, 11) is 0. The van der Waals surface area contributed by atoms with E-state index in [2.05, 4.69) is 0 Å². The lowest BCUT2D eigenvalue weighted by Gasteiger charge is -2.13. The van der Waals surface area contributed by atoms with E-state index in [0.29, 0.717) is 12.8 Å². The van der Waals surface area contributed by atoms with Gasteiger partial charge in [0.2, 0.25) is 0 Å². The monoisotopic (exact) mass is 111 g/mol. The predicted octanol–water partition coefficient (Wildman–Crippen LogP) is 1.35. The van der Waals surface area contributed by atoms with Gasteiger partial charge < -0.3 is 0 Å². The molecule has 8 heavy (non-hydrogen) atoms. The maximum Gasteiger partial charge on any atom is 0.118 e. The first-order valence-corrected chi connectivity index (χ1v) is 2.84. The Bertz CT molecular complexity index is 97.6. The molecule has 0 saturated heterocycles. The van der Waals surface area contributed by atoms with Gasteiger partial charge in [-0.15, -0.1) is 0 Å². The Kier molecular flexibility index (Phi) is 2.50. The molecule has 45 valence electrons. The number of hydrogen-bond donors (Lipinski definition) is 0. The van der Waals surface area contributed by atoms with Crippen molar-refractivity contribution in [1.29, 1.82) is 5.26 Å². The molecule has 0 saturated carbocycles. The van der Waals surface area contributed by atoms with Gasteiger partial charge in [0, 0.05) is 0 Å². The third-order valence-electron chi connectivity index (χ3n) is 1.42. The van der Waals surface area contributed by atoms with Crippen LogP contribution < -0.4 is 5.73 Å². The summed E-state index contributed by atoms with van der Waals surface area (Å²) in [5.74, 6) is 0. The highest BCUT2D eigenvalue weighted by molar-refractivity contribution is 5.01. The van der Waals surface area contributed by atoms with Crippen molar-refractivity contribution < 1.29 is 0 Å². The molecule has 2 nitrogen and oxygen atoms in total. The third-order valence-corrected chi connectivity index (χ3v) is 1.42. The topological polar surface area (TPSA) is 47.6 Å². The summed E-state index contributed by atoms with van der Waals surface area (Å²) in [6.07, 6.45) is 1.25. The molecule has 2 heteroatoms. The molecule has 0 aliphatic carbocycles. The second-order valence-electron chi connectivity index (χ2n) is 1.90. The molecule has 0 fully saturated rings. The molecule has 0 heterocycles. The summed E-state index contributed by atoms with van der Waals surface area (Å²) in [5, 5.41) is 8.35. The largest absolute Gasteiger partial charge is 0.236 e. The van der Waals surface area contributed by atoms with Crippen LogP contribution in [0.4, 0.5) is 0 Å². The van der Waals surface area contributed by atoms with Crippen LogP contribution >= 0.6 is 0 Å². The highest BCUT2D eigenvalue weighted by Gasteiger charge is 2.18. The molecule has 0 rings (SSSR count). The van der Waals surface area contributed by atoms with Crippen molar-refractivity contribution in [3.8, 4) is 6.07 Å². The van der Waals surface area contributed by atoms with E-state index in [1.807, 2.05) is 19.9 Å². The van der Waals surface area contributed by atoms with E-state index >= 15 is 0 Å². The molecular formula is C6H11N2. The number of hydrogen-bond acceptors (Lipinski definition) is 1. The Labute approximate surface area is 50.3 Å². The fourth-order valence-electron chi connectivity index (χ4n) is 0.408. The SMILES string of the molecule is CCC([NH])(C#N)CC. The molecule has 0 bridgehead atoms. The molecule has 0 aliphatic rings. The third kappa shape index (κ3) is 1.51. The van der Waals surface area contributed by atoms with Crippen molar-refractivity contribution in [3.05, 3.63) is 0 Å². The van der Waals surface area contributed by atoms with E-state index in [9.17, 15) is 0 Å². The lowest BCUT2D eigenvalue weighted by Crippen LogP contribution is -2.25. The smallest absolute Gasteiger partial charge is 0.118 e. The molecule has 0 atom stereocenters. The van der Waals surface area contributed by atoms with Crippen LogP contribution in [-0.2, 0) is 0 Å². The van der Waals surface area contributed by atoms with Gasteiger partial charge in [-0.1, -0.05) is 13.8 Å². The number of nitrogens with zero attached hydrogens (tertiary/aromatic N) is 1. The van der Waals surface area contributed by atoms with E-state index in [1.165, 1.54) is 0 Å².